The topological polar surface area (TPSA) is 110 Å². The van der Waals surface area contributed by atoms with Crippen LogP contribution in [-0.2, 0) is 17.1 Å². The number of pyridine rings is 1. The number of aliphatic hydroxyl groups is 1. The Bertz CT molecular complexity index is 806. The first-order valence-corrected chi connectivity index (χ1v) is 9.33. The molecule has 0 amide bonds. The molecular formula is C15H21N5O3S. The molecule has 24 heavy (non-hydrogen) atoms. The molecule has 130 valence electrons. The summed E-state index contributed by atoms with van der Waals surface area (Å²) in [5.74, 6) is 1.57. The molecule has 2 N–H and O–H groups in total. The maximum absolute atomic E-state index is 12.5. The molecule has 0 unspecified atom stereocenters. The lowest BCUT2D eigenvalue weighted by Gasteiger charge is -2.33. The third-order valence-electron chi connectivity index (χ3n) is 4.33. The van der Waals surface area contributed by atoms with Crippen LogP contribution in [0.25, 0.3) is 0 Å². The maximum atomic E-state index is 12.5. The number of nitrogens with one attached hydrogen (secondary N) is 1. The molecule has 0 saturated heterocycles. The predicted molar refractivity (Wildman–Crippen MR) is 86.7 cm³/mol. The Balaban J connectivity index is 1.78. The highest BCUT2D eigenvalue weighted by atomic mass is 32.2. The summed E-state index contributed by atoms with van der Waals surface area (Å²) < 4.78 is 29.3. The highest BCUT2D eigenvalue weighted by molar-refractivity contribution is 7.89. The van der Waals surface area contributed by atoms with E-state index in [0.29, 0.717) is 18.7 Å². The first-order chi connectivity index (χ1) is 11.4. The molecule has 0 spiro atoms. The Morgan fingerprint density at radius 2 is 2.17 bits per heavy atom. The zero-order valence-electron chi connectivity index (χ0n) is 13.6. The minimum absolute atomic E-state index is 0.0567. The highest BCUT2D eigenvalue weighted by Crippen LogP contribution is 2.32. The molecule has 0 aromatic carbocycles. The Labute approximate surface area is 141 Å². The number of hydrogen-bond acceptors (Lipinski definition) is 6. The van der Waals surface area contributed by atoms with Crippen LogP contribution in [0.2, 0.25) is 0 Å². The number of rotatable bonds is 4. The lowest BCUT2D eigenvalue weighted by Crippen LogP contribution is -2.46. The van der Waals surface area contributed by atoms with Crippen molar-refractivity contribution in [3.63, 3.8) is 0 Å². The van der Waals surface area contributed by atoms with Crippen molar-refractivity contribution < 1.29 is 13.5 Å². The van der Waals surface area contributed by atoms with Gasteiger partial charge in [0.05, 0.1) is 6.10 Å². The summed E-state index contributed by atoms with van der Waals surface area (Å²) in [4.78, 5) is 8.36. The fourth-order valence-corrected chi connectivity index (χ4v) is 4.42. The van der Waals surface area contributed by atoms with Crippen molar-refractivity contribution in [2.45, 2.75) is 49.1 Å². The van der Waals surface area contributed by atoms with Crippen LogP contribution in [0.1, 0.15) is 36.8 Å². The lowest BCUT2D eigenvalue weighted by atomic mass is 9.83. The quantitative estimate of drug-likeness (QED) is 0.830. The van der Waals surface area contributed by atoms with Crippen molar-refractivity contribution in [3.8, 4) is 0 Å². The lowest BCUT2D eigenvalue weighted by molar-refractivity contribution is 0.0916. The fourth-order valence-electron chi connectivity index (χ4n) is 3.17. The molecule has 3 atom stereocenters. The molecule has 0 bridgehead atoms. The van der Waals surface area contributed by atoms with Gasteiger partial charge in [-0.1, -0.05) is 0 Å². The number of aromatic nitrogens is 4. The second kappa shape index (κ2) is 6.58. The highest BCUT2D eigenvalue weighted by Gasteiger charge is 2.35. The summed E-state index contributed by atoms with van der Waals surface area (Å²) in [6.07, 6.45) is 3.82. The van der Waals surface area contributed by atoms with E-state index in [0.717, 1.165) is 12.2 Å². The SMILES string of the molecule is Cc1nc([C@H]2CC[C@@H](O)[C@H](NS(=O)(=O)c3cccnc3)C2)n(C)n1. The van der Waals surface area contributed by atoms with Crippen molar-refractivity contribution in [1.29, 1.82) is 0 Å². The average molecular weight is 351 g/mol. The predicted octanol–water partition coefficient (Wildman–Crippen LogP) is 0.494. The molecule has 0 aliphatic heterocycles. The largest absolute Gasteiger partial charge is 0.391 e. The molecular weight excluding hydrogens is 330 g/mol. The summed E-state index contributed by atoms with van der Waals surface area (Å²) in [5.41, 5.74) is 0. The van der Waals surface area contributed by atoms with Crippen LogP contribution in [0.4, 0.5) is 0 Å². The van der Waals surface area contributed by atoms with Gasteiger partial charge in [0.1, 0.15) is 16.5 Å². The maximum Gasteiger partial charge on any atom is 0.242 e. The monoisotopic (exact) mass is 351 g/mol. The molecule has 1 saturated carbocycles. The fraction of sp³-hybridized carbons (Fsp3) is 0.533. The second-order valence-electron chi connectivity index (χ2n) is 6.13. The van der Waals surface area contributed by atoms with E-state index in [4.69, 9.17) is 0 Å². The van der Waals surface area contributed by atoms with Gasteiger partial charge in [0.15, 0.2) is 0 Å². The van der Waals surface area contributed by atoms with Crippen LogP contribution in [-0.4, -0.2) is 45.4 Å². The first kappa shape index (κ1) is 17.0. The summed E-state index contributed by atoms with van der Waals surface area (Å²) in [5, 5.41) is 14.5. The summed E-state index contributed by atoms with van der Waals surface area (Å²) in [6.45, 7) is 1.82. The van der Waals surface area contributed by atoms with Crippen LogP contribution in [0.3, 0.4) is 0 Å². The van der Waals surface area contributed by atoms with Crippen molar-refractivity contribution in [1.82, 2.24) is 24.5 Å². The van der Waals surface area contributed by atoms with Gasteiger partial charge in [-0.3, -0.25) is 9.67 Å². The van der Waals surface area contributed by atoms with E-state index in [1.165, 1.54) is 18.5 Å². The van der Waals surface area contributed by atoms with Crippen LogP contribution < -0.4 is 4.72 Å². The van der Waals surface area contributed by atoms with Gasteiger partial charge >= 0.3 is 0 Å². The van der Waals surface area contributed by atoms with Crippen LogP contribution in [0, 0.1) is 6.92 Å². The number of hydrogen-bond donors (Lipinski definition) is 2. The van der Waals surface area contributed by atoms with Gasteiger partial charge in [-0.05, 0) is 38.3 Å². The third-order valence-corrected chi connectivity index (χ3v) is 5.81. The van der Waals surface area contributed by atoms with Crippen molar-refractivity contribution in [2.24, 2.45) is 7.05 Å². The molecule has 2 aromatic rings. The third kappa shape index (κ3) is 3.47. The first-order valence-electron chi connectivity index (χ1n) is 7.85. The molecule has 2 heterocycles. The van der Waals surface area contributed by atoms with E-state index >= 15 is 0 Å². The molecule has 1 aliphatic carbocycles. The van der Waals surface area contributed by atoms with Gasteiger partial charge < -0.3 is 5.11 Å². The van der Waals surface area contributed by atoms with E-state index in [2.05, 4.69) is 19.8 Å². The van der Waals surface area contributed by atoms with Gasteiger partial charge in [0.25, 0.3) is 0 Å². The van der Waals surface area contributed by atoms with Gasteiger partial charge in [-0.15, -0.1) is 0 Å². The number of aliphatic hydroxyl groups excluding tert-OH is 1. The Kier molecular flexibility index (Phi) is 4.66. The molecule has 3 rings (SSSR count). The van der Waals surface area contributed by atoms with Crippen LogP contribution >= 0.6 is 0 Å². The summed E-state index contributed by atoms with van der Waals surface area (Å²) in [6, 6.07) is 2.48. The minimum atomic E-state index is -3.72. The minimum Gasteiger partial charge on any atom is -0.391 e. The molecule has 0 radical (unpaired) electrons. The van der Waals surface area contributed by atoms with Gasteiger partial charge in [-0.2, -0.15) is 5.10 Å². The standard InChI is InChI=1S/C15H21N5O3S/c1-10-17-15(20(2)18-10)11-5-6-14(21)13(8-11)19-24(22,23)12-4-3-7-16-9-12/h3-4,7,9,11,13-14,19,21H,5-6,8H2,1-2H3/t11-,13+,14+/m0/s1. The van der Waals surface area contributed by atoms with Gasteiger partial charge in [0.2, 0.25) is 10.0 Å². The summed E-state index contributed by atoms with van der Waals surface area (Å²) >= 11 is 0. The molecule has 8 nitrogen and oxygen atoms in total. The Morgan fingerprint density at radius 1 is 1.38 bits per heavy atom. The molecule has 1 fully saturated rings. The Hall–Kier alpha value is -1.84. The molecule has 9 heteroatoms. The van der Waals surface area contributed by atoms with Crippen LogP contribution in [0.15, 0.2) is 29.4 Å². The van der Waals surface area contributed by atoms with Gasteiger partial charge in [0, 0.05) is 31.4 Å². The van der Waals surface area contributed by atoms with E-state index < -0.39 is 22.2 Å². The van der Waals surface area contributed by atoms with Gasteiger partial charge in [-0.25, -0.2) is 18.1 Å². The zero-order valence-corrected chi connectivity index (χ0v) is 14.4. The van der Waals surface area contributed by atoms with E-state index in [1.807, 2.05) is 14.0 Å². The zero-order chi connectivity index (χ0) is 17.3. The van der Waals surface area contributed by atoms with E-state index in [1.54, 1.807) is 10.7 Å². The Morgan fingerprint density at radius 3 is 2.79 bits per heavy atom. The average Bonchev–Trinajstić information content (AvgIpc) is 2.89. The normalized spacial score (nSPS) is 24.9. The van der Waals surface area contributed by atoms with Crippen molar-refractivity contribution in [2.75, 3.05) is 0 Å². The number of aryl methyl sites for hydroxylation is 2. The number of sulfonamides is 1. The molecule has 2 aromatic heterocycles. The smallest absolute Gasteiger partial charge is 0.242 e. The van der Waals surface area contributed by atoms with Crippen molar-refractivity contribution in [3.05, 3.63) is 36.2 Å². The van der Waals surface area contributed by atoms with E-state index in [-0.39, 0.29) is 10.8 Å². The van der Waals surface area contributed by atoms with Crippen molar-refractivity contribution >= 4 is 10.0 Å². The number of nitrogens with zero attached hydrogens (tertiary/aromatic N) is 4. The molecule has 1 aliphatic rings. The second-order valence-corrected chi connectivity index (χ2v) is 7.85. The summed E-state index contributed by atoms with van der Waals surface area (Å²) in [7, 11) is -1.89. The van der Waals surface area contributed by atoms with E-state index in [9.17, 15) is 13.5 Å². The van der Waals surface area contributed by atoms with Crippen LogP contribution in [0.5, 0.6) is 0 Å².